The van der Waals surface area contributed by atoms with Gasteiger partial charge in [0.2, 0.25) is 10.0 Å². The highest BCUT2D eigenvalue weighted by atomic mass is 32.2. The zero-order valence-electron chi connectivity index (χ0n) is 14.7. The van der Waals surface area contributed by atoms with Crippen molar-refractivity contribution in [1.82, 2.24) is 14.6 Å². The van der Waals surface area contributed by atoms with Gasteiger partial charge in [-0.1, -0.05) is 19.1 Å². The second-order valence-electron chi connectivity index (χ2n) is 6.43. The Morgan fingerprint density at radius 2 is 1.92 bits per heavy atom. The summed E-state index contributed by atoms with van der Waals surface area (Å²) in [5.41, 5.74) is 1.56. The molecule has 2 heterocycles. The number of sulfonamides is 1. The van der Waals surface area contributed by atoms with Gasteiger partial charge in [0, 0.05) is 25.6 Å². The van der Waals surface area contributed by atoms with E-state index in [-0.39, 0.29) is 0 Å². The maximum Gasteiger partial charge on any atom is 0.243 e. The second kappa shape index (κ2) is 7.68. The molecule has 6 nitrogen and oxygen atoms in total. The van der Waals surface area contributed by atoms with E-state index < -0.39 is 10.0 Å². The lowest BCUT2D eigenvalue weighted by atomic mass is 9.98. The van der Waals surface area contributed by atoms with Gasteiger partial charge in [-0.3, -0.25) is 0 Å². The van der Waals surface area contributed by atoms with Crippen molar-refractivity contribution in [2.75, 3.05) is 26.2 Å². The number of piperidine rings is 1. The molecule has 0 aliphatic carbocycles. The zero-order chi connectivity index (χ0) is 17.9. The molecule has 1 aliphatic rings. The van der Waals surface area contributed by atoms with Crippen LogP contribution in [0.5, 0.6) is 0 Å². The van der Waals surface area contributed by atoms with Crippen LogP contribution in [0.1, 0.15) is 25.7 Å². The first-order valence-corrected chi connectivity index (χ1v) is 10.2. The molecule has 0 saturated carbocycles. The van der Waals surface area contributed by atoms with Gasteiger partial charge in [-0.15, -0.1) is 0 Å². The van der Waals surface area contributed by atoms with Crippen molar-refractivity contribution < 1.29 is 12.8 Å². The Hall–Kier alpha value is -1.70. The maximum atomic E-state index is 12.8. The summed E-state index contributed by atoms with van der Waals surface area (Å²) in [5, 5.41) is 3.35. The molecule has 0 spiro atoms. The van der Waals surface area contributed by atoms with Gasteiger partial charge < -0.3 is 9.73 Å². The molecule has 1 N–H and O–H groups in total. The fourth-order valence-corrected chi connectivity index (χ4v) is 4.61. The summed E-state index contributed by atoms with van der Waals surface area (Å²) >= 11 is 0. The van der Waals surface area contributed by atoms with E-state index in [1.54, 1.807) is 41.8 Å². The number of hydrogen-bond acceptors (Lipinski definition) is 5. The Kier molecular flexibility index (Phi) is 5.56. The van der Waals surface area contributed by atoms with Gasteiger partial charge in [0.05, 0.1) is 4.90 Å². The molecule has 0 atom stereocenters. The summed E-state index contributed by atoms with van der Waals surface area (Å²) in [6.45, 7) is 6.96. The average Bonchev–Trinajstić information content (AvgIpc) is 3.07. The Balaban J connectivity index is 1.68. The minimum atomic E-state index is -3.43. The smallest absolute Gasteiger partial charge is 0.243 e. The van der Waals surface area contributed by atoms with E-state index in [0.29, 0.717) is 35.5 Å². The van der Waals surface area contributed by atoms with E-state index in [1.807, 2.05) is 0 Å². The molecular formula is C18H25N3O3S. The third-order valence-electron chi connectivity index (χ3n) is 4.66. The predicted molar refractivity (Wildman–Crippen MR) is 96.7 cm³/mol. The molecule has 3 rings (SSSR count). The Bertz CT molecular complexity index is 791. The number of oxazole rings is 1. The van der Waals surface area contributed by atoms with E-state index in [2.05, 4.69) is 17.2 Å². The van der Waals surface area contributed by atoms with E-state index in [0.717, 1.165) is 31.5 Å². The van der Waals surface area contributed by atoms with Crippen LogP contribution in [0.15, 0.2) is 39.8 Å². The van der Waals surface area contributed by atoms with Crippen LogP contribution in [0.3, 0.4) is 0 Å². The molecule has 0 radical (unpaired) electrons. The zero-order valence-corrected chi connectivity index (χ0v) is 15.6. The highest BCUT2D eigenvalue weighted by molar-refractivity contribution is 7.89. The van der Waals surface area contributed by atoms with Crippen molar-refractivity contribution in [3.63, 3.8) is 0 Å². The Morgan fingerprint density at radius 1 is 1.24 bits per heavy atom. The van der Waals surface area contributed by atoms with Crippen LogP contribution in [0, 0.1) is 12.8 Å². The summed E-state index contributed by atoms with van der Waals surface area (Å²) in [7, 11) is -3.43. The number of aryl methyl sites for hydroxylation is 1. The summed E-state index contributed by atoms with van der Waals surface area (Å²) in [5.74, 6) is 1.15. The van der Waals surface area contributed by atoms with Gasteiger partial charge in [0.15, 0.2) is 5.89 Å². The average molecular weight is 363 g/mol. The standard InChI is InChI=1S/C18H25N3O3S/c1-3-19-12-15-8-10-21(11-9-15)25(22,23)17-6-4-16(5-7-17)18-13-24-14(2)20-18/h4-7,13,15,19H,3,8-12H2,1-2H3. The first-order valence-electron chi connectivity index (χ1n) is 8.74. The molecule has 1 saturated heterocycles. The molecule has 7 heteroatoms. The normalized spacial score (nSPS) is 17.0. The van der Waals surface area contributed by atoms with E-state index in [4.69, 9.17) is 4.42 Å². The minimum Gasteiger partial charge on any atom is -0.449 e. The fraction of sp³-hybridized carbons (Fsp3) is 0.500. The van der Waals surface area contributed by atoms with Gasteiger partial charge in [-0.2, -0.15) is 4.31 Å². The number of nitrogens with one attached hydrogen (secondary N) is 1. The van der Waals surface area contributed by atoms with E-state index >= 15 is 0 Å². The molecule has 1 aromatic heterocycles. The van der Waals surface area contributed by atoms with Gasteiger partial charge in [0.25, 0.3) is 0 Å². The van der Waals surface area contributed by atoms with Crippen LogP contribution in [-0.4, -0.2) is 43.9 Å². The minimum absolute atomic E-state index is 0.335. The van der Waals surface area contributed by atoms with Crippen molar-refractivity contribution in [3.8, 4) is 11.3 Å². The molecule has 0 bridgehead atoms. The molecule has 0 unspecified atom stereocenters. The lowest BCUT2D eigenvalue weighted by Gasteiger charge is -2.31. The lowest BCUT2D eigenvalue weighted by Crippen LogP contribution is -2.40. The van der Waals surface area contributed by atoms with Crippen LogP contribution >= 0.6 is 0 Å². The van der Waals surface area contributed by atoms with Crippen molar-refractivity contribution in [3.05, 3.63) is 36.4 Å². The van der Waals surface area contributed by atoms with Crippen molar-refractivity contribution in [2.45, 2.75) is 31.6 Å². The van der Waals surface area contributed by atoms with Gasteiger partial charge in [-0.25, -0.2) is 13.4 Å². The molecule has 1 aliphatic heterocycles. The fourth-order valence-electron chi connectivity index (χ4n) is 3.14. The lowest BCUT2D eigenvalue weighted by molar-refractivity contribution is 0.268. The molecule has 2 aromatic rings. The summed E-state index contributed by atoms with van der Waals surface area (Å²) in [6.07, 6.45) is 3.39. The van der Waals surface area contributed by atoms with Gasteiger partial charge in [-0.05, 0) is 44.0 Å². The topological polar surface area (TPSA) is 75.4 Å². The van der Waals surface area contributed by atoms with Gasteiger partial charge >= 0.3 is 0 Å². The number of aromatic nitrogens is 1. The number of benzene rings is 1. The number of nitrogens with zero attached hydrogens (tertiary/aromatic N) is 2. The Labute approximate surface area is 149 Å². The van der Waals surface area contributed by atoms with Gasteiger partial charge in [0.1, 0.15) is 12.0 Å². The first kappa shape index (κ1) is 18.1. The van der Waals surface area contributed by atoms with Crippen LogP contribution < -0.4 is 5.32 Å². The van der Waals surface area contributed by atoms with Crippen LogP contribution in [0.25, 0.3) is 11.3 Å². The SMILES string of the molecule is CCNCC1CCN(S(=O)(=O)c2ccc(-c3coc(C)n3)cc2)CC1. The monoisotopic (exact) mass is 363 g/mol. The van der Waals surface area contributed by atoms with Crippen LogP contribution in [0.4, 0.5) is 0 Å². The molecular weight excluding hydrogens is 338 g/mol. The molecule has 25 heavy (non-hydrogen) atoms. The highest BCUT2D eigenvalue weighted by Crippen LogP contribution is 2.26. The first-order chi connectivity index (χ1) is 12.0. The number of rotatable bonds is 6. The van der Waals surface area contributed by atoms with Crippen molar-refractivity contribution in [1.29, 1.82) is 0 Å². The quantitative estimate of drug-likeness (QED) is 0.854. The highest BCUT2D eigenvalue weighted by Gasteiger charge is 2.29. The van der Waals surface area contributed by atoms with E-state index in [1.165, 1.54) is 0 Å². The summed E-state index contributed by atoms with van der Waals surface area (Å²) < 4.78 is 32.5. The molecule has 1 aromatic carbocycles. The van der Waals surface area contributed by atoms with Crippen LogP contribution in [-0.2, 0) is 10.0 Å². The summed E-state index contributed by atoms with van der Waals surface area (Å²) in [6, 6.07) is 6.86. The van der Waals surface area contributed by atoms with Crippen molar-refractivity contribution >= 4 is 10.0 Å². The maximum absolute atomic E-state index is 12.8. The third kappa shape index (κ3) is 4.11. The molecule has 0 amide bonds. The predicted octanol–water partition coefficient (Wildman–Crippen LogP) is 2.66. The Morgan fingerprint density at radius 3 is 2.48 bits per heavy atom. The third-order valence-corrected chi connectivity index (χ3v) is 6.58. The molecule has 136 valence electrons. The number of hydrogen-bond donors (Lipinski definition) is 1. The van der Waals surface area contributed by atoms with Crippen LogP contribution in [0.2, 0.25) is 0 Å². The van der Waals surface area contributed by atoms with Crippen molar-refractivity contribution in [2.24, 2.45) is 5.92 Å². The second-order valence-corrected chi connectivity index (χ2v) is 8.37. The largest absolute Gasteiger partial charge is 0.449 e. The molecule has 1 fully saturated rings. The van der Waals surface area contributed by atoms with E-state index in [9.17, 15) is 8.42 Å². The summed E-state index contributed by atoms with van der Waals surface area (Å²) in [4.78, 5) is 4.60.